The van der Waals surface area contributed by atoms with Crippen LogP contribution in [0, 0.1) is 5.82 Å². The quantitative estimate of drug-likeness (QED) is 0.451. The number of aromatic nitrogens is 4. The number of benzene rings is 3. The molecule has 0 amide bonds. The number of hydrogen-bond acceptors (Lipinski definition) is 3. The third-order valence-corrected chi connectivity index (χ3v) is 4.99. The summed E-state index contributed by atoms with van der Waals surface area (Å²) >= 11 is 0. The summed E-state index contributed by atoms with van der Waals surface area (Å²) in [6.45, 7) is 0.281. The number of para-hydroxylation sites is 1. The Morgan fingerprint density at radius 2 is 1.50 bits per heavy atom. The molecule has 0 bridgehead atoms. The van der Waals surface area contributed by atoms with Gasteiger partial charge in [-0.25, -0.2) is 14.1 Å². The molecule has 0 radical (unpaired) electrons. The molecule has 6 heteroatoms. The van der Waals surface area contributed by atoms with Gasteiger partial charge >= 0.3 is 0 Å². The molecule has 146 valence electrons. The summed E-state index contributed by atoms with van der Waals surface area (Å²) in [5.74, 6) is -0.163. The minimum atomic E-state index is -0.434. The second kappa shape index (κ2) is 7.40. The van der Waals surface area contributed by atoms with Gasteiger partial charge in [0.2, 0.25) is 0 Å². The zero-order valence-electron chi connectivity index (χ0n) is 15.9. The van der Waals surface area contributed by atoms with Crippen LogP contribution in [0.4, 0.5) is 4.39 Å². The molecule has 30 heavy (non-hydrogen) atoms. The SMILES string of the molecule is O=c1c2cnn(-c3ccccc3)c2nc(-c2ccccc2F)n1Cc1ccccc1. The molecule has 5 rings (SSSR count). The largest absolute Gasteiger partial charge is 0.287 e. The van der Waals surface area contributed by atoms with Crippen molar-refractivity contribution >= 4 is 11.0 Å². The molecule has 0 spiro atoms. The van der Waals surface area contributed by atoms with Crippen molar-refractivity contribution < 1.29 is 4.39 Å². The van der Waals surface area contributed by atoms with E-state index in [-0.39, 0.29) is 23.5 Å². The Morgan fingerprint density at radius 1 is 0.833 bits per heavy atom. The van der Waals surface area contributed by atoms with Crippen LogP contribution in [0.1, 0.15) is 5.56 Å². The van der Waals surface area contributed by atoms with Gasteiger partial charge in [-0.3, -0.25) is 9.36 Å². The van der Waals surface area contributed by atoms with Crippen LogP contribution in [-0.2, 0) is 6.54 Å². The molecule has 5 nitrogen and oxygen atoms in total. The fourth-order valence-electron chi connectivity index (χ4n) is 3.52. The highest BCUT2D eigenvalue weighted by Gasteiger charge is 2.19. The molecule has 3 aromatic carbocycles. The van der Waals surface area contributed by atoms with Gasteiger partial charge in [0.1, 0.15) is 17.0 Å². The average Bonchev–Trinajstić information content (AvgIpc) is 3.22. The van der Waals surface area contributed by atoms with Crippen LogP contribution in [0.5, 0.6) is 0 Å². The minimum absolute atomic E-state index is 0.260. The highest BCUT2D eigenvalue weighted by atomic mass is 19.1. The van der Waals surface area contributed by atoms with Gasteiger partial charge in [-0.1, -0.05) is 60.7 Å². The summed E-state index contributed by atoms with van der Waals surface area (Å²) in [6, 6.07) is 25.4. The van der Waals surface area contributed by atoms with E-state index in [4.69, 9.17) is 4.98 Å². The first-order chi connectivity index (χ1) is 14.7. The highest BCUT2D eigenvalue weighted by Crippen LogP contribution is 2.23. The van der Waals surface area contributed by atoms with Crippen LogP contribution in [0.3, 0.4) is 0 Å². The number of hydrogen-bond donors (Lipinski definition) is 0. The Labute approximate surface area is 171 Å². The van der Waals surface area contributed by atoms with Crippen molar-refractivity contribution in [3.05, 3.63) is 113 Å². The molecule has 0 atom stereocenters. The molecule has 0 aliphatic carbocycles. The molecule has 0 saturated heterocycles. The third-order valence-electron chi connectivity index (χ3n) is 4.99. The second-order valence-corrected chi connectivity index (χ2v) is 6.92. The van der Waals surface area contributed by atoms with Gasteiger partial charge in [0.25, 0.3) is 5.56 Å². The molecule has 0 fully saturated rings. The minimum Gasteiger partial charge on any atom is -0.287 e. The fourth-order valence-corrected chi connectivity index (χ4v) is 3.52. The predicted octanol–water partition coefficient (Wildman–Crippen LogP) is 4.44. The van der Waals surface area contributed by atoms with Crippen molar-refractivity contribution in [3.8, 4) is 17.1 Å². The molecule has 5 aromatic rings. The number of fused-ring (bicyclic) bond motifs is 1. The Bertz CT molecular complexity index is 1390. The van der Waals surface area contributed by atoms with Crippen molar-refractivity contribution in [2.45, 2.75) is 6.54 Å². The van der Waals surface area contributed by atoms with E-state index in [1.807, 2.05) is 60.7 Å². The van der Waals surface area contributed by atoms with Crippen LogP contribution in [0.2, 0.25) is 0 Å². The van der Waals surface area contributed by atoms with E-state index in [2.05, 4.69) is 5.10 Å². The van der Waals surface area contributed by atoms with E-state index < -0.39 is 5.82 Å². The van der Waals surface area contributed by atoms with Crippen LogP contribution in [0.15, 0.2) is 95.9 Å². The predicted molar refractivity (Wildman–Crippen MR) is 114 cm³/mol. The summed E-state index contributed by atoms with van der Waals surface area (Å²) < 4.78 is 17.8. The Morgan fingerprint density at radius 3 is 2.23 bits per heavy atom. The third kappa shape index (κ3) is 3.08. The first-order valence-corrected chi connectivity index (χ1v) is 9.55. The number of nitrogens with zero attached hydrogens (tertiary/aromatic N) is 4. The van der Waals surface area contributed by atoms with Gasteiger partial charge in [0, 0.05) is 0 Å². The van der Waals surface area contributed by atoms with E-state index in [0.29, 0.717) is 11.0 Å². The fraction of sp³-hybridized carbons (Fsp3) is 0.0417. The maximum absolute atomic E-state index is 14.7. The molecule has 0 saturated carbocycles. The van der Waals surface area contributed by atoms with E-state index >= 15 is 0 Å². The van der Waals surface area contributed by atoms with E-state index in [9.17, 15) is 9.18 Å². The van der Waals surface area contributed by atoms with Gasteiger partial charge in [0.15, 0.2) is 5.65 Å². The zero-order chi connectivity index (χ0) is 20.5. The Hall–Kier alpha value is -4.06. The number of halogens is 1. The molecular weight excluding hydrogens is 379 g/mol. The maximum atomic E-state index is 14.7. The van der Waals surface area contributed by atoms with Gasteiger partial charge in [-0.15, -0.1) is 0 Å². The Balaban J connectivity index is 1.80. The van der Waals surface area contributed by atoms with Crippen LogP contribution in [0.25, 0.3) is 28.1 Å². The smallest absolute Gasteiger partial charge is 0.265 e. The van der Waals surface area contributed by atoms with Crippen molar-refractivity contribution in [1.82, 2.24) is 19.3 Å². The first kappa shape index (κ1) is 18.0. The van der Waals surface area contributed by atoms with Crippen molar-refractivity contribution in [2.24, 2.45) is 0 Å². The summed E-state index contributed by atoms with van der Waals surface area (Å²) in [7, 11) is 0. The summed E-state index contributed by atoms with van der Waals surface area (Å²) in [4.78, 5) is 18.2. The van der Waals surface area contributed by atoms with Gasteiger partial charge in [0.05, 0.1) is 24.0 Å². The van der Waals surface area contributed by atoms with Crippen LogP contribution >= 0.6 is 0 Å². The van der Waals surface area contributed by atoms with Gasteiger partial charge in [-0.05, 0) is 29.8 Å². The van der Waals surface area contributed by atoms with Crippen LogP contribution < -0.4 is 5.56 Å². The lowest BCUT2D eigenvalue weighted by molar-refractivity contribution is 0.626. The summed E-state index contributed by atoms with van der Waals surface area (Å²) in [5.41, 5.74) is 2.11. The lowest BCUT2D eigenvalue weighted by Crippen LogP contribution is -2.24. The van der Waals surface area contributed by atoms with Crippen molar-refractivity contribution in [3.63, 3.8) is 0 Å². The average molecular weight is 396 g/mol. The molecule has 0 aliphatic rings. The molecule has 2 aromatic heterocycles. The molecule has 0 aliphatic heterocycles. The molecular formula is C24H17FN4O. The molecule has 0 N–H and O–H groups in total. The van der Waals surface area contributed by atoms with Crippen molar-refractivity contribution in [2.75, 3.05) is 0 Å². The lowest BCUT2D eigenvalue weighted by atomic mass is 10.1. The lowest BCUT2D eigenvalue weighted by Gasteiger charge is -2.14. The monoisotopic (exact) mass is 396 g/mol. The first-order valence-electron chi connectivity index (χ1n) is 9.55. The normalized spacial score (nSPS) is 11.1. The maximum Gasteiger partial charge on any atom is 0.265 e. The van der Waals surface area contributed by atoms with E-state index in [1.165, 1.54) is 16.8 Å². The van der Waals surface area contributed by atoms with Crippen LogP contribution in [-0.4, -0.2) is 19.3 Å². The summed E-state index contributed by atoms with van der Waals surface area (Å²) in [5, 5.41) is 4.76. The van der Waals surface area contributed by atoms with Crippen molar-refractivity contribution in [1.29, 1.82) is 0 Å². The standard InChI is InChI=1S/C24H17FN4O/c25-21-14-8-7-13-19(21)22-27-23-20(15-26-29(23)18-11-5-2-6-12-18)24(30)28(22)16-17-9-3-1-4-10-17/h1-15H,16H2. The summed E-state index contributed by atoms with van der Waals surface area (Å²) in [6.07, 6.45) is 1.52. The molecule has 2 heterocycles. The zero-order valence-corrected chi connectivity index (χ0v) is 15.9. The van der Waals surface area contributed by atoms with E-state index in [1.54, 1.807) is 22.9 Å². The van der Waals surface area contributed by atoms with Gasteiger partial charge < -0.3 is 0 Å². The number of rotatable bonds is 4. The van der Waals surface area contributed by atoms with Gasteiger partial charge in [-0.2, -0.15) is 5.10 Å². The Kier molecular flexibility index (Phi) is 4.44. The topological polar surface area (TPSA) is 52.7 Å². The van der Waals surface area contributed by atoms with E-state index in [0.717, 1.165) is 11.3 Å². The second-order valence-electron chi connectivity index (χ2n) is 6.92. The highest BCUT2D eigenvalue weighted by molar-refractivity contribution is 5.78. The molecule has 0 unspecified atom stereocenters.